The Morgan fingerprint density at radius 1 is 1.19 bits per heavy atom. The maximum Gasteiger partial charge on any atom is 0.195 e. The number of rotatable bonds is 5. The number of ketones is 1. The number of fused-ring (bicyclic) bond motifs is 1. The Labute approximate surface area is 196 Å². The van der Waals surface area contributed by atoms with Gasteiger partial charge < -0.3 is 34.5 Å². The summed E-state index contributed by atoms with van der Waals surface area (Å²) in [6, 6.07) is 10.6. The lowest BCUT2D eigenvalue weighted by Gasteiger charge is -2.39. The number of aromatic nitrogens is 1. The van der Waals surface area contributed by atoms with Crippen LogP contribution in [-0.4, -0.2) is 68.1 Å². The minimum absolute atomic E-state index is 0.127. The minimum atomic E-state index is -1.61. The predicted molar refractivity (Wildman–Crippen MR) is 120 cm³/mol. The lowest BCUT2D eigenvalue weighted by molar-refractivity contribution is -0.280. The fourth-order valence-electron chi connectivity index (χ4n) is 3.84. The van der Waals surface area contributed by atoms with Gasteiger partial charge in [-0.05, 0) is 47.1 Å². The third-order valence-corrected chi connectivity index (χ3v) is 6.76. The maximum atomic E-state index is 12.2. The average molecular weight is 527 g/mol. The van der Waals surface area contributed by atoms with Gasteiger partial charge in [-0.15, -0.1) is 0 Å². The Kier molecular flexibility index (Phi) is 6.60. The third-order valence-electron chi connectivity index (χ3n) is 5.47. The Morgan fingerprint density at radius 2 is 1.91 bits per heavy atom. The molecule has 0 bridgehead atoms. The number of ether oxygens (including phenoxy) is 2. The summed E-state index contributed by atoms with van der Waals surface area (Å²) < 4.78 is 13.4. The van der Waals surface area contributed by atoms with Gasteiger partial charge >= 0.3 is 0 Å². The number of hydrogen-bond donors (Lipinski definition) is 4. The van der Waals surface area contributed by atoms with E-state index in [0.717, 1.165) is 0 Å². The molecule has 2 heterocycles. The first kappa shape index (κ1) is 23.2. The average Bonchev–Trinajstić information content (AvgIpc) is 3.15. The summed E-state index contributed by atoms with van der Waals surface area (Å²) in [5.41, 5.74) is 1.70. The van der Waals surface area contributed by atoms with Crippen LogP contribution < -0.4 is 4.74 Å². The second-order valence-electron chi connectivity index (χ2n) is 7.50. The van der Waals surface area contributed by atoms with Crippen molar-refractivity contribution in [2.75, 3.05) is 6.61 Å². The van der Waals surface area contributed by atoms with Crippen molar-refractivity contribution in [2.45, 2.75) is 37.6 Å². The lowest BCUT2D eigenvalue weighted by atomic mass is 9.99. The number of aliphatic hydroxyl groups is 4. The fraction of sp³-hybridized carbons (Fsp3) is 0.318. The van der Waals surface area contributed by atoms with Crippen molar-refractivity contribution < 1.29 is 34.7 Å². The SMILES string of the molecule is CC(=O)c1ccccc1-n1cc(O[C@@H]2[C@@H](O)[C@@H](O)[C@@H](CO)O[C@H]2O)c2c(Cl)c(Br)ccc21. The smallest absolute Gasteiger partial charge is 0.195 e. The van der Waals surface area contributed by atoms with Crippen LogP contribution in [-0.2, 0) is 4.74 Å². The molecule has 1 aromatic heterocycles. The third kappa shape index (κ3) is 3.94. The van der Waals surface area contributed by atoms with E-state index in [9.17, 15) is 25.2 Å². The molecule has 0 amide bonds. The van der Waals surface area contributed by atoms with Gasteiger partial charge in [0.1, 0.15) is 24.1 Å². The summed E-state index contributed by atoms with van der Waals surface area (Å²) in [7, 11) is 0. The molecule has 1 saturated heterocycles. The summed E-state index contributed by atoms with van der Waals surface area (Å²) in [6.07, 6.45) is -5.54. The quantitative estimate of drug-likeness (QED) is 0.377. The highest BCUT2D eigenvalue weighted by molar-refractivity contribution is 9.10. The topological polar surface area (TPSA) is 121 Å². The summed E-state index contributed by atoms with van der Waals surface area (Å²) in [4.78, 5) is 12.2. The lowest BCUT2D eigenvalue weighted by Crippen LogP contribution is -2.60. The molecule has 8 nitrogen and oxygen atoms in total. The number of para-hydroxylation sites is 1. The van der Waals surface area contributed by atoms with Crippen LogP contribution in [0.4, 0.5) is 0 Å². The van der Waals surface area contributed by atoms with E-state index in [1.54, 1.807) is 47.2 Å². The molecule has 5 atom stereocenters. The highest BCUT2D eigenvalue weighted by Crippen LogP contribution is 2.41. The van der Waals surface area contributed by atoms with Crippen molar-refractivity contribution in [3.05, 3.63) is 57.7 Å². The standard InChI is InChI=1S/C22H21BrClNO7/c1-10(27)11-4-2-3-5-13(11)25-8-15(17-14(25)7-6-12(23)18(17)24)31-21-20(29)19(28)16(9-26)32-22(21)30/h2-8,16,19-22,26,28-30H,9H2,1H3/t16-,19+,20+,21-,22-/m1/s1. The van der Waals surface area contributed by atoms with Gasteiger partial charge in [-0.2, -0.15) is 0 Å². The van der Waals surface area contributed by atoms with Gasteiger partial charge in [0.25, 0.3) is 0 Å². The van der Waals surface area contributed by atoms with Crippen LogP contribution in [0, 0.1) is 0 Å². The first-order valence-corrected chi connectivity index (χ1v) is 11.0. The van der Waals surface area contributed by atoms with Crippen molar-refractivity contribution >= 4 is 44.2 Å². The largest absolute Gasteiger partial charge is 0.480 e. The highest BCUT2D eigenvalue weighted by Gasteiger charge is 2.45. The molecule has 0 aliphatic carbocycles. The molecule has 0 spiro atoms. The summed E-state index contributed by atoms with van der Waals surface area (Å²) >= 11 is 9.94. The van der Waals surface area contributed by atoms with Crippen LogP contribution in [0.25, 0.3) is 16.6 Å². The molecule has 32 heavy (non-hydrogen) atoms. The summed E-state index contributed by atoms with van der Waals surface area (Å²) in [6.45, 7) is 0.887. The van der Waals surface area contributed by atoms with E-state index in [4.69, 9.17) is 21.1 Å². The van der Waals surface area contributed by atoms with Gasteiger partial charge in [-0.3, -0.25) is 4.79 Å². The van der Waals surface area contributed by atoms with E-state index in [2.05, 4.69) is 15.9 Å². The zero-order chi connectivity index (χ0) is 23.2. The van der Waals surface area contributed by atoms with Crippen LogP contribution in [0.15, 0.2) is 47.1 Å². The molecule has 1 aliphatic rings. The van der Waals surface area contributed by atoms with E-state index in [1.807, 2.05) is 0 Å². The molecule has 4 N–H and O–H groups in total. The molecule has 0 saturated carbocycles. The summed E-state index contributed by atoms with van der Waals surface area (Å²) in [5, 5.41) is 41.1. The zero-order valence-electron chi connectivity index (χ0n) is 16.9. The molecular weight excluding hydrogens is 506 g/mol. The molecule has 2 aromatic carbocycles. The van der Waals surface area contributed by atoms with Crippen molar-refractivity contribution in [3.8, 4) is 11.4 Å². The number of Topliss-reactive ketones (excluding diaryl/α,β-unsaturated/α-hetero) is 1. The Hall–Kier alpha value is -1.98. The van der Waals surface area contributed by atoms with Crippen molar-refractivity contribution in [1.82, 2.24) is 4.57 Å². The van der Waals surface area contributed by atoms with Gasteiger partial charge in [-0.1, -0.05) is 23.7 Å². The minimum Gasteiger partial charge on any atom is -0.480 e. The Balaban J connectivity index is 1.85. The zero-order valence-corrected chi connectivity index (χ0v) is 19.2. The van der Waals surface area contributed by atoms with Crippen molar-refractivity contribution in [2.24, 2.45) is 0 Å². The Morgan fingerprint density at radius 3 is 2.59 bits per heavy atom. The molecule has 3 aromatic rings. The first-order chi connectivity index (χ1) is 15.2. The second-order valence-corrected chi connectivity index (χ2v) is 8.74. The van der Waals surface area contributed by atoms with Crippen molar-refractivity contribution in [3.63, 3.8) is 0 Å². The van der Waals surface area contributed by atoms with Crippen LogP contribution in [0.5, 0.6) is 5.75 Å². The van der Waals surface area contributed by atoms with Gasteiger partial charge in [0.05, 0.1) is 34.4 Å². The first-order valence-electron chi connectivity index (χ1n) is 9.81. The normalized spacial score (nSPS) is 25.8. The molecule has 10 heteroatoms. The molecular formula is C22H21BrClNO7. The fourth-order valence-corrected chi connectivity index (χ4v) is 4.43. The van der Waals surface area contributed by atoms with E-state index < -0.39 is 37.3 Å². The monoisotopic (exact) mass is 525 g/mol. The molecule has 4 rings (SSSR count). The number of halogens is 2. The van der Waals surface area contributed by atoms with Crippen LogP contribution in [0.1, 0.15) is 17.3 Å². The molecule has 1 fully saturated rings. The van der Waals surface area contributed by atoms with Gasteiger partial charge in [-0.25, -0.2) is 0 Å². The number of carbonyl (C=O) groups excluding carboxylic acids is 1. The van der Waals surface area contributed by atoms with Gasteiger partial charge in [0.15, 0.2) is 18.2 Å². The molecule has 0 radical (unpaired) electrons. The molecule has 170 valence electrons. The van der Waals surface area contributed by atoms with E-state index in [0.29, 0.717) is 31.6 Å². The number of hydrogen-bond acceptors (Lipinski definition) is 7. The highest BCUT2D eigenvalue weighted by atomic mass is 79.9. The van der Waals surface area contributed by atoms with Crippen LogP contribution >= 0.6 is 27.5 Å². The van der Waals surface area contributed by atoms with Gasteiger partial charge in [0.2, 0.25) is 0 Å². The van der Waals surface area contributed by atoms with Gasteiger partial charge in [0, 0.05) is 10.0 Å². The van der Waals surface area contributed by atoms with Crippen LogP contribution in [0.3, 0.4) is 0 Å². The molecule has 1 aliphatic heterocycles. The van der Waals surface area contributed by atoms with E-state index >= 15 is 0 Å². The Bertz CT molecular complexity index is 1170. The second kappa shape index (κ2) is 9.11. The molecule has 0 unspecified atom stereocenters. The predicted octanol–water partition coefficient (Wildman–Crippen LogP) is 2.43. The summed E-state index contributed by atoms with van der Waals surface area (Å²) in [5.74, 6) is 0.0730. The van der Waals surface area contributed by atoms with Crippen molar-refractivity contribution in [1.29, 1.82) is 0 Å². The number of nitrogens with zero attached hydrogens (tertiary/aromatic N) is 1. The number of benzene rings is 2. The van der Waals surface area contributed by atoms with E-state index in [-0.39, 0.29) is 11.5 Å². The van der Waals surface area contributed by atoms with E-state index in [1.165, 1.54) is 6.92 Å². The maximum absolute atomic E-state index is 12.2. The van der Waals surface area contributed by atoms with Crippen LogP contribution in [0.2, 0.25) is 5.02 Å². The number of aliphatic hydroxyl groups excluding tert-OH is 4. The number of carbonyl (C=O) groups is 1.